The Morgan fingerprint density at radius 3 is 2.35 bits per heavy atom. The molecule has 10 heteroatoms. The van der Waals surface area contributed by atoms with Gasteiger partial charge in [-0.2, -0.15) is 0 Å². The van der Waals surface area contributed by atoms with Crippen LogP contribution in [0.2, 0.25) is 0 Å². The van der Waals surface area contributed by atoms with Gasteiger partial charge in [0.15, 0.2) is 11.0 Å². The molecule has 0 saturated carbocycles. The highest BCUT2D eigenvalue weighted by atomic mass is 32.2. The van der Waals surface area contributed by atoms with E-state index in [1.54, 1.807) is 23.7 Å². The van der Waals surface area contributed by atoms with Crippen molar-refractivity contribution in [2.24, 2.45) is 7.05 Å². The molecule has 3 rings (SSSR count). The van der Waals surface area contributed by atoms with E-state index in [4.69, 9.17) is 0 Å². The number of hydrogen-bond donors (Lipinski definition) is 0. The number of sulfonamides is 1. The SMILES string of the molecule is Cc1ccc(N(Cc2nnc(SCC(=O)N3[C@H](C)CCC[C@@H]3C)n2C)S(C)(=O)=O)cc1. The Bertz CT molecular complexity index is 1010. The highest BCUT2D eigenvalue weighted by Crippen LogP contribution is 2.26. The zero-order valence-corrected chi connectivity index (χ0v) is 20.4. The van der Waals surface area contributed by atoms with Crippen molar-refractivity contribution in [3.8, 4) is 0 Å². The van der Waals surface area contributed by atoms with Crippen molar-refractivity contribution in [3.63, 3.8) is 0 Å². The minimum Gasteiger partial charge on any atom is -0.337 e. The lowest BCUT2D eigenvalue weighted by Crippen LogP contribution is -2.48. The van der Waals surface area contributed by atoms with E-state index < -0.39 is 10.0 Å². The fourth-order valence-electron chi connectivity index (χ4n) is 3.96. The van der Waals surface area contributed by atoms with E-state index in [1.165, 1.54) is 22.3 Å². The number of anilines is 1. The van der Waals surface area contributed by atoms with Gasteiger partial charge in [-0.25, -0.2) is 8.42 Å². The molecule has 1 aromatic heterocycles. The molecule has 0 spiro atoms. The number of aromatic nitrogens is 3. The highest BCUT2D eigenvalue weighted by molar-refractivity contribution is 7.99. The first-order chi connectivity index (χ1) is 14.6. The monoisotopic (exact) mass is 465 g/mol. The molecule has 2 aromatic rings. The molecular weight excluding hydrogens is 434 g/mol. The molecule has 0 radical (unpaired) electrons. The van der Waals surface area contributed by atoms with Crippen LogP contribution < -0.4 is 4.31 Å². The number of benzene rings is 1. The van der Waals surface area contributed by atoms with Gasteiger partial charge in [0.25, 0.3) is 0 Å². The second-order valence-electron chi connectivity index (χ2n) is 8.28. The number of aryl methyl sites for hydroxylation is 1. The first-order valence-corrected chi connectivity index (χ1v) is 13.3. The van der Waals surface area contributed by atoms with Crippen LogP contribution in [0.3, 0.4) is 0 Å². The predicted molar refractivity (Wildman–Crippen MR) is 124 cm³/mol. The van der Waals surface area contributed by atoms with Gasteiger partial charge in [0, 0.05) is 19.1 Å². The first-order valence-electron chi connectivity index (χ1n) is 10.4. The maximum atomic E-state index is 12.8. The lowest BCUT2D eigenvalue weighted by Gasteiger charge is -2.39. The molecule has 0 bridgehead atoms. The minimum atomic E-state index is -3.50. The second kappa shape index (κ2) is 9.60. The number of hydrogen-bond acceptors (Lipinski definition) is 6. The minimum absolute atomic E-state index is 0.0695. The molecule has 8 nitrogen and oxygen atoms in total. The van der Waals surface area contributed by atoms with Crippen LogP contribution in [0.4, 0.5) is 5.69 Å². The van der Waals surface area contributed by atoms with E-state index in [2.05, 4.69) is 24.0 Å². The molecule has 0 unspecified atom stereocenters. The van der Waals surface area contributed by atoms with E-state index in [0.717, 1.165) is 24.8 Å². The third-order valence-corrected chi connectivity index (χ3v) is 7.88. The Morgan fingerprint density at radius 2 is 1.77 bits per heavy atom. The summed E-state index contributed by atoms with van der Waals surface area (Å²) in [6, 6.07) is 7.82. The molecule has 1 aromatic carbocycles. The average Bonchev–Trinajstić information content (AvgIpc) is 3.04. The van der Waals surface area contributed by atoms with Gasteiger partial charge < -0.3 is 9.47 Å². The number of amides is 1. The molecule has 1 amide bonds. The zero-order valence-electron chi connectivity index (χ0n) is 18.8. The van der Waals surface area contributed by atoms with Crippen molar-refractivity contribution >= 4 is 33.4 Å². The predicted octanol–water partition coefficient (Wildman–Crippen LogP) is 2.97. The lowest BCUT2D eigenvalue weighted by molar-refractivity contribution is -0.134. The van der Waals surface area contributed by atoms with E-state index >= 15 is 0 Å². The first kappa shape index (κ1) is 23.6. The largest absolute Gasteiger partial charge is 0.337 e. The molecule has 1 fully saturated rings. The van der Waals surface area contributed by atoms with Gasteiger partial charge in [-0.3, -0.25) is 9.10 Å². The number of nitrogens with zero attached hydrogens (tertiary/aromatic N) is 5. The summed E-state index contributed by atoms with van der Waals surface area (Å²) >= 11 is 1.34. The number of piperidine rings is 1. The summed E-state index contributed by atoms with van der Waals surface area (Å²) in [6.45, 7) is 6.22. The summed E-state index contributed by atoms with van der Waals surface area (Å²) in [5.74, 6) is 0.904. The van der Waals surface area contributed by atoms with Crippen LogP contribution in [0, 0.1) is 6.92 Å². The summed E-state index contributed by atoms with van der Waals surface area (Å²) in [4.78, 5) is 14.8. The Labute approximate surface area is 189 Å². The average molecular weight is 466 g/mol. The smallest absolute Gasteiger partial charge is 0.233 e. The molecule has 31 heavy (non-hydrogen) atoms. The fourth-order valence-corrected chi connectivity index (χ4v) is 5.62. The lowest BCUT2D eigenvalue weighted by atomic mass is 9.98. The zero-order chi connectivity index (χ0) is 22.8. The van der Waals surface area contributed by atoms with Gasteiger partial charge in [-0.15, -0.1) is 10.2 Å². The van der Waals surface area contributed by atoms with Gasteiger partial charge in [-0.1, -0.05) is 29.5 Å². The van der Waals surface area contributed by atoms with Gasteiger partial charge in [-0.05, 0) is 52.2 Å². The Hall–Kier alpha value is -2.07. The maximum absolute atomic E-state index is 12.8. The van der Waals surface area contributed by atoms with Crippen LogP contribution >= 0.6 is 11.8 Å². The van der Waals surface area contributed by atoms with Crippen molar-refractivity contribution in [3.05, 3.63) is 35.7 Å². The number of carbonyl (C=O) groups excluding carboxylic acids is 1. The normalized spacial score (nSPS) is 19.5. The maximum Gasteiger partial charge on any atom is 0.233 e. The van der Waals surface area contributed by atoms with E-state index in [9.17, 15) is 13.2 Å². The van der Waals surface area contributed by atoms with Crippen molar-refractivity contribution in [2.75, 3.05) is 16.3 Å². The summed E-state index contributed by atoms with van der Waals surface area (Å²) in [5.41, 5.74) is 1.63. The van der Waals surface area contributed by atoms with E-state index in [0.29, 0.717) is 16.7 Å². The molecule has 0 aliphatic carbocycles. The summed E-state index contributed by atoms with van der Waals surface area (Å²) in [6.07, 6.45) is 4.41. The van der Waals surface area contributed by atoms with E-state index in [-0.39, 0.29) is 30.3 Å². The standard InChI is InChI=1S/C21H31N5O3S2/c1-15-9-11-18(12-10-15)25(31(5,28)29)13-19-22-23-21(24(19)4)30-14-20(27)26-16(2)7-6-8-17(26)3/h9-12,16-17H,6-8,13-14H2,1-5H3/t16-,17+. The van der Waals surface area contributed by atoms with Crippen LogP contribution in [-0.4, -0.2) is 58.1 Å². The van der Waals surface area contributed by atoms with Crippen molar-refractivity contribution in [2.45, 2.75) is 63.8 Å². The number of carbonyl (C=O) groups is 1. The molecule has 2 atom stereocenters. The third kappa shape index (κ3) is 5.60. The van der Waals surface area contributed by atoms with Crippen molar-refractivity contribution in [1.29, 1.82) is 0 Å². The van der Waals surface area contributed by atoms with Crippen LogP contribution in [-0.2, 0) is 28.4 Å². The molecular formula is C21H31N5O3S2. The van der Waals surface area contributed by atoms with Crippen LogP contribution in [0.1, 0.15) is 44.5 Å². The molecule has 2 heterocycles. The third-order valence-electron chi connectivity index (χ3n) is 5.74. The van der Waals surface area contributed by atoms with Gasteiger partial charge >= 0.3 is 0 Å². The Morgan fingerprint density at radius 1 is 1.16 bits per heavy atom. The number of thioether (sulfide) groups is 1. The van der Waals surface area contributed by atoms with Crippen LogP contribution in [0.15, 0.2) is 29.4 Å². The summed E-state index contributed by atoms with van der Waals surface area (Å²) in [7, 11) is -1.71. The molecule has 1 saturated heterocycles. The van der Waals surface area contributed by atoms with Crippen LogP contribution in [0.5, 0.6) is 0 Å². The topological polar surface area (TPSA) is 88.4 Å². The Kier molecular flexibility index (Phi) is 7.31. The molecule has 0 N–H and O–H groups in total. The van der Waals surface area contributed by atoms with Crippen molar-refractivity contribution in [1.82, 2.24) is 19.7 Å². The van der Waals surface area contributed by atoms with E-state index in [1.807, 2.05) is 24.0 Å². The Balaban J connectivity index is 1.71. The van der Waals surface area contributed by atoms with Gasteiger partial charge in [0.1, 0.15) is 0 Å². The van der Waals surface area contributed by atoms with Gasteiger partial charge in [0.05, 0.1) is 24.2 Å². The van der Waals surface area contributed by atoms with Crippen LogP contribution in [0.25, 0.3) is 0 Å². The fraction of sp³-hybridized carbons (Fsp3) is 0.571. The number of likely N-dealkylation sites (tertiary alicyclic amines) is 1. The van der Waals surface area contributed by atoms with Gasteiger partial charge in [0.2, 0.25) is 15.9 Å². The summed E-state index contributed by atoms with van der Waals surface area (Å²) in [5, 5.41) is 8.99. The quantitative estimate of drug-likeness (QED) is 0.584. The number of rotatable bonds is 7. The summed E-state index contributed by atoms with van der Waals surface area (Å²) < 4.78 is 27.9. The van der Waals surface area contributed by atoms with Crippen molar-refractivity contribution < 1.29 is 13.2 Å². The highest BCUT2D eigenvalue weighted by Gasteiger charge is 2.29. The molecule has 1 aliphatic heterocycles. The second-order valence-corrected chi connectivity index (χ2v) is 11.1. The molecule has 1 aliphatic rings. The molecule has 170 valence electrons.